The van der Waals surface area contributed by atoms with Gasteiger partial charge in [0.15, 0.2) is 5.11 Å². The molecule has 3 N–H and O–H groups in total. The highest BCUT2D eigenvalue weighted by atomic mass is 32.2. The van der Waals surface area contributed by atoms with E-state index in [1.54, 1.807) is 0 Å². The van der Waals surface area contributed by atoms with Crippen molar-refractivity contribution in [3.05, 3.63) is 27.8 Å². The predicted molar refractivity (Wildman–Crippen MR) is 111 cm³/mol. The summed E-state index contributed by atoms with van der Waals surface area (Å²) in [6, 6.07) is 0. The summed E-state index contributed by atoms with van der Waals surface area (Å²) in [6.45, 7) is 8.28. The monoisotopic (exact) mass is 377 g/mol. The highest BCUT2D eigenvalue weighted by Gasteiger charge is 2.22. The second kappa shape index (κ2) is 8.81. The molecule has 0 spiro atoms. The van der Waals surface area contributed by atoms with Gasteiger partial charge in [-0.3, -0.25) is 10.2 Å². The van der Waals surface area contributed by atoms with Crippen LogP contribution >= 0.6 is 24.0 Å². The van der Waals surface area contributed by atoms with Gasteiger partial charge in [0.25, 0.3) is 0 Å². The normalized spacial score (nSPS) is 15.5. The van der Waals surface area contributed by atoms with Gasteiger partial charge in [-0.25, -0.2) is 0 Å². The first-order valence-corrected chi connectivity index (χ1v) is 10.0. The Hall–Kier alpha value is -1.40. The van der Waals surface area contributed by atoms with E-state index in [4.69, 9.17) is 18.0 Å². The van der Waals surface area contributed by atoms with Crippen LogP contribution in [0, 0.1) is 27.7 Å². The van der Waals surface area contributed by atoms with Crippen LogP contribution < -0.4 is 11.2 Å². The number of ketones is 1. The molecule has 1 fully saturated rings. The lowest BCUT2D eigenvalue weighted by molar-refractivity contribution is 0.106. The van der Waals surface area contributed by atoms with E-state index in [2.05, 4.69) is 24.4 Å². The maximum atomic E-state index is 12.6. The summed E-state index contributed by atoms with van der Waals surface area (Å²) in [4.78, 5) is 13.9. The van der Waals surface area contributed by atoms with Crippen LogP contribution in [-0.4, -0.2) is 22.4 Å². The van der Waals surface area contributed by atoms with Crippen molar-refractivity contribution < 1.29 is 4.79 Å². The number of nitrogens with one attached hydrogen (secondary N) is 1. The van der Waals surface area contributed by atoms with Gasteiger partial charge in [-0.15, -0.1) is 11.8 Å². The van der Waals surface area contributed by atoms with Crippen LogP contribution in [0.5, 0.6) is 0 Å². The summed E-state index contributed by atoms with van der Waals surface area (Å²) in [6.07, 6.45) is 7.86. The molecule has 0 bridgehead atoms. The molecule has 0 aromatic heterocycles. The fourth-order valence-corrected chi connectivity index (χ4v) is 5.01. The summed E-state index contributed by atoms with van der Waals surface area (Å²) in [5, 5.41) is 4.55. The van der Waals surface area contributed by atoms with E-state index in [1.165, 1.54) is 54.3 Å². The third-order valence-corrected chi connectivity index (χ3v) is 6.74. The second-order valence-electron chi connectivity index (χ2n) is 6.68. The number of Topliss-reactive ketones (excluding diaryl/α,β-unsaturated/α-hetero) is 1. The van der Waals surface area contributed by atoms with Crippen LogP contribution in [0.4, 0.5) is 0 Å². The summed E-state index contributed by atoms with van der Waals surface area (Å²) in [5.74, 6) is -0.126. The second-order valence-corrected chi connectivity index (χ2v) is 8.43. The standard InChI is InChI=1S/C19H27N3OS2/c1-11-13(3)18(25-15-8-6-5-7-9-15)14(4)12(2)17(11)16(23)10-21-22-19(20)24/h10,15H,5-9H2,1-4H3,(H3,20,22,24)/b21-10+. The number of benzene rings is 1. The van der Waals surface area contributed by atoms with Crippen LogP contribution in [0.2, 0.25) is 0 Å². The van der Waals surface area contributed by atoms with E-state index in [-0.39, 0.29) is 10.9 Å². The molecule has 1 aliphatic carbocycles. The number of carbonyl (C=O) groups excluding carboxylic acids is 1. The fraction of sp³-hybridized carbons (Fsp3) is 0.526. The van der Waals surface area contributed by atoms with Crippen molar-refractivity contribution in [2.75, 3.05) is 0 Å². The van der Waals surface area contributed by atoms with Gasteiger partial charge >= 0.3 is 0 Å². The first-order chi connectivity index (χ1) is 11.8. The molecular formula is C19H27N3OS2. The summed E-state index contributed by atoms with van der Waals surface area (Å²) < 4.78 is 0. The molecule has 1 aromatic carbocycles. The molecule has 0 heterocycles. The molecule has 6 heteroatoms. The predicted octanol–water partition coefficient (Wildman–Crippen LogP) is 4.35. The average molecular weight is 378 g/mol. The van der Waals surface area contributed by atoms with Gasteiger partial charge in [-0.2, -0.15) is 5.10 Å². The Morgan fingerprint density at radius 3 is 2.20 bits per heavy atom. The number of nitrogens with zero attached hydrogens (tertiary/aromatic N) is 1. The minimum absolute atomic E-state index is 0.0454. The molecule has 4 nitrogen and oxygen atoms in total. The number of thiocarbonyl (C=S) groups is 1. The van der Waals surface area contributed by atoms with Gasteiger partial charge in [0.1, 0.15) is 0 Å². The first-order valence-electron chi connectivity index (χ1n) is 8.72. The number of hydrazone groups is 1. The molecule has 1 aliphatic rings. The minimum atomic E-state index is -0.126. The zero-order valence-electron chi connectivity index (χ0n) is 15.4. The van der Waals surface area contributed by atoms with Gasteiger partial charge < -0.3 is 5.73 Å². The number of hydrogen-bond donors (Lipinski definition) is 2. The highest BCUT2D eigenvalue weighted by Crippen LogP contribution is 2.40. The van der Waals surface area contributed by atoms with Crippen molar-refractivity contribution in [2.45, 2.75) is 69.9 Å². The largest absolute Gasteiger partial charge is 0.375 e. The zero-order chi connectivity index (χ0) is 18.6. The first kappa shape index (κ1) is 19.9. The maximum absolute atomic E-state index is 12.6. The number of thioether (sulfide) groups is 1. The van der Waals surface area contributed by atoms with E-state index < -0.39 is 0 Å². The van der Waals surface area contributed by atoms with Crippen molar-refractivity contribution in [2.24, 2.45) is 10.8 Å². The molecule has 0 radical (unpaired) electrons. The molecule has 1 aromatic rings. The number of hydrogen-bond acceptors (Lipinski definition) is 4. The smallest absolute Gasteiger partial charge is 0.206 e. The Labute approximate surface area is 160 Å². The van der Waals surface area contributed by atoms with Crippen LogP contribution in [0.15, 0.2) is 10.00 Å². The molecular weight excluding hydrogens is 350 g/mol. The highest BCUT2D eigenvalue weighted by molar-refractivity contribution is 8.00. The molecule has 2 rings (SSSR count). The van der Waals surface area contributed by atoms with Crippen molar-refractivity contribution in [3.63, 3.8) is 0 Å². The Kier molecular flexibility index (Phi) is 7.02. The fourth-order valence-electron chi connectivity index (χ4n) is 3.39. The maximum Gasteiger partial charge on any atom is 0.206 e. The quantitative estimate of drug-likeness (QED) is 0.346. The number of carbonyl (C=O) groups is 1. The van der Waals surface area contributed by atoms with E-state index in [9.17, 15) is 4.79 Å². The summed E-state index contributed by atoms with van der Waals surface area (Å²) in [7, 11) is 0. The van der Waals surface area contributed by atoms with Gasteiger partial charge in [0, 0.05) is 15.7 Å². The van der Waals surface area contributed by atoms with Crippen LogP contribution in [0.25, 0.3) is 0 Å². The number of nitrogens with two attached hydrogens (primary N) is 1. The van der Waals surface area contributed by atoms with Gasteiger partial charge in [-0.05, 0) is 75.0 Å². The van der Waals surface area contributed by atoms with Crippen LogP contribution in [-0.2, 0) is 0 Å². The van der Waals surface area contributed by atoms with E-state index >= 15 is 0 Å². The van der Waals surface area contributed by atoms with E-state index in [0.717, 1.165) is 16.7 Å². The number of rotatable bonds is 5. The average Bonchev–Trinajstić information content (AvgIpc) is 2.58. The SMILES string of the molecule is Cc1c(C)c(C(=O)/C=N/NC(N)=S)c(C)c(C)c1SC1CCCCC1. The third-order valence-electron chi connectivity index (χ3n) is 5.00. The lowest BCUT2D eigenvalue weighted by Crippen LogP contribution is -2.24. The summed E-state index contributed by atoms with van der Waals surface area (Å²) >= 11 is 6.69. The molecule has 0 atom stereocenters. The topological polar surface area (TPSA) is 67.5 Å². The van der Waals surface area contributed by atoms with Crippen molar-refractivity contribution in [1.29, 1.82) is 0 Å². The lowest BCUT2D eigenvalue weighted by Gasteiger charge is -2.25. The Balaban J connectivity index is 2.32. The van der Waals surface area contributed by atoms with Crippen LogP contribution in [0.1, 0.15) is 64.7 Å². The van der Waals surface area contributed by atoms with Gasteiger partial charge in [0.2, 0.25) is 5.78 Å². The lowest BCUT2D eigenvalue weighted by atomic mass is 9.92. The molecule has 0 amide bonds. The summed E-state index contributed by atoms with van der Waals surface area (Å²) in [5.41, 5.74) is 13.0. The molecule has 1 saturated carbocycles. The zero-order valence-corrected chi connectivity index (χ0v) is 17.1. The molecule has 0 unspecified atom stereocenters. The van der Waals surface area contributed by atoms with E-state index in [1.807, 2.05) is 25.6 Å². The van der Waals surface area contributed by atoms with Crippen molar-refractivity contribution in [3.8, 4) is 0 Å². The minimum Gasteiger partial charge on any atom is -0.375 e. The molecule has 0 aliphatic heterocycles. The van der Waals surface area contributed by atoms with Crippen molar-refractivity contribution >= 4 is 41.1 Å². The molecule has 136 valence electrons. The Bertz CT molecular complexity index is 678. The molecule has 0 saturated heterocycles. The van der Waals surface area contributed by atoms with Gasteiger partial charge in [-0.1, -0.05) is 19.3 Å². The third kappa shape index (κ3) is 4.82. The van der Waals surface area contributed by atoms with Crippen LogP contribution in [0.3, 0.4) is 0 Å². The Morgan fingerprint density at radius 2 is 1.68 bits per heavy atom. The Morgan fingerprint density at radius 1 is 1.12 bits per heavy atom. The van der Waals surface area contributed by atoms with E-state index in [0.29, 0.717) is 5.25 Å². The van der Waals surface area contributed by atoms with Gasteiger partial charge in [0.05, 0.1) is 6.21 Å². The molecule has 25 heavy (non-hydrogen) atoms. The van der Waals surface area contributed by atoms with Crippen molar-refractivity contribution in [1.82, 2.24) is 5.43 Å².